The molecule has 0 aliphatic carbocycles. The van der Waals surface area contributed by atoms with Crippen molar-refractivity contribution in [2.24, 2.45) is 0 Å². The van der Waals surface area contributed by atoms with Crippen LogP contribution in [0.15, 0.2) is 30.7 Å². The molecule has 1 saturated heterocycles. The van der Waals surface area contributed by atoms with Crippen LogP contribution in [0, 0.1) is 0 Å². The molecule has 1 aliphatic rings. The fourth-order valence-corrected chi connectivity index (χ4v) is 2.44. The predicted molar refractivity (Wildman–Crippen MR) is 81.7 cm³/mol. The van der Waals surface area contributed by atoms with E-state index in [1.807, 2.05) is 18.2 Å². The van der Waals surface area contributed by atoms with Crippen LogP contribution in [0.25, 0.3) is 0 Å². The lowest BCUT2D eigenvalue weighted by Gasteiger charge is -2.36. The van der Waals surface area contributed by atoms with E-state index in [1.165, 1.54) is 6.33 Å². The van der Waals surface area contributed by atoms with Crippen LogP contribution in [-0.2, 0) is 0 Å². The van der Waals surface area contributed by atoms with Gasteiger partial charge in [0.25, 0.3) is 0 Å². The number of nitrogens with two attached hydrogens (primary N) is 1. The Morgan fingerprint density at radius 3 is 2.57 bits per heavy atom. The molecule has 0 unspecified atom stereocenters. The van der Waals surface area contributed by atoms with E-state index in [2.05, 4.69) is 24.8 Å². The van der Waals surface area contributed by atoms with Gasteiger partial charge in [0.05, 0.1) is 12.8 Å². The van der Waals surface area contributed by atoms with E-state index in [1.54, 1.807) is 13.3 Å². The molecule has 7 heteroatoms. The minimum atomic E-state index is 0.580. The molecule has 0 saturated carbocycles. The Labute approximate surface area is 123 Å². The van der Waals surface area contributed by atoms with Crippen molar-refractivity contribution in [1.29, 1.82) is 0 Å². The Morgan fingerprint density at radius 2 is 1.86 bits per heavy atom. The molecule has 110 valence electrons. The number of piperazine rings is 1. The summed E-state index contributed by atoms with van der Waals surface area (Å²) < 4.78 is 5.14. The van der Waals surface area contributed by atoms with Gasteiger partial charge < -0.3 is 20.3 Å². The van der Waals surface area contributed by atoms with Crippen molar-refractivity contribution in [3.8, 4) is 5.88 Å². The largest absolute Gasteiger partial charge is 0.481 e. The van der Waals surface area contributed by atoms with Gasteiger partial charge in [0.1, 0.15) is 12.1 Å². The highest BCUT2D eigenvalue weighted by Crippen LogP contribution is 2.23. The van der Waals surface area contributed by atoms with Crippen molar-refractivity contribution in [1.82, 2.24) is 15.0 Å². The lowest BCUT2D eigenvalue weighted by atomic mass is 10.3. The monoisotopic (exact) mass is 286 g/mol. The highest BCUT2D eigenvalue weighted by atomic mass is 16.5. The Morgan fingerprint density at radius 1 is 1.10 bits per heavy atom. The van der Waals surface area contributed by atoms with Crippen molar-refractivity contribution in [3.63, 3.8) is 0 Å². The van der Waals surface area contributed by atoms with Crippen molar-refractivity contribution in [2.45, 2.75) is 0 Å². The molecule has 0 spiro atoms. The van der Waals surface area contributed by atoms with Gasteiger partial charge in [-0.05, 0) is 12.1 Å². The van der Waals surface area contributed by atoms with E-state index in [4.69, 9.17) is 10.5 Å². The second-order valence-corrected chi connectivity index (χ2v) is 4.81. The SMILES string of the molecule is COc1cc(N2CCN(c3ncccc3N)CC2)ncn1. The maximum absolute atomic E-state index is 5.98. The third kappa shape index (κ3) is 2.81. The van der Waals surface area contributed by atoms with Gasteiger partial charge in [0, 0.05) is 38.4 Å². The zero-order valence-electron chi connectivity index (χ0n) is 11.9. The van der Waals surface area contributed by atoms with E-state index in [9.17, 15) is 0 Å². The normalized spacial score (nSPS) is 15.1. The number of ether oxygens (including phenoxy) is 1. The summed E-state index contributed by atoms with van der Waals surface area (Å²) >= 11 is 0. The first-order valence-corrected chi connectivity index (χ1v) is 6.84. The Kier molecular flexibility index (Phi) is 3.72. The molecule has 2 aromatic rings. The van der Waals surface area contributed by atoms with Crippen molar-refractivity contribution >= 4 is 17.3 Å². The molecule has 21 heavy (non-hydrogen) atoms. The smallest absolute Gasteiger partial charge is 0.218 e. The van der Waals surface area contributed by atoms with Gasteiger partial charge >= 0.3 is 0 Å². The molecule has 2 aromatic heterocycles. The van der Waals surface area contributed by atoms with Crippen LogP contribution in [0.5, 0.6) is 5.88 Å². The number of pyridine rings is 1. The lowest BCUT2D eigenvalue weighted by molar-refractivity contribution is 0.396. The molecule has 1 fully saturated rings. The number of rotatable bonds is 3. The molecule has 3 heterocycles. The predicted octanol–water partition coefficient (Wildman–Crippen LogP) is 0.789. The number of hydrogen-bond acceptors (Lipinski definition) is 7. The fourth-order valence-electron chi connectivity index (χ4n) is 2.44. The summed E-state index contributed by atoms with van der Waals surface area (Å²) in [5, 5.41) is 0. The van der Waals surface area contributed by atoms with Crippen LogP contribution in [0.2, 0.25) is 0 Å². The van der Waals surface area contributed by atoms with Gasteiger partial charge in [-0.1, -0.05) is 0 Å². The van der Waals surface area contributed by atoms with Gasteiger partial charge in [-0.15, -0.1) is 0 Å². The number of methoxy groups -OCH3 is 1. The van der Waals surface area contributed by atoms with E-state index in [-0.39, 0.29) is 0 Å². The van der Waals surface area contributed by atoms with E-state index >= 15 is 0 Å². The number of hydrogen-bond donors (Lipinski definition) is 1. The number of anilines is 3. The Bertz CT molecular complexity index is 612. The second-order valence-electron chi connectivity index (χ2n) is 4.81. The van der Waals surface area contributed by atoms with Crippen LogP contribution in [-0.4, -0.2) is 48.2 Å². The topological polar surface area (TPSA) is 80.4 Å². The summed E-state index contributed by atoms with van der Waals surface area (Å²) in [6.07, 6.45) is 3.30. The zero-order chi connectivity index (χ0) is 14.7. The second kappa shape index (κ2) is 5.82. The maximum Gasteiger partial charge on any atom is 0.218 e. The van der Waals surface area contributed by atoms with E-state index in [0.717, 1.165) is 43.5 Å². The van der Waals surface area contributed by atoms with Crippen molar-refractivity contribution in [2.75, 3.05) is 48.8 Å². The first-order chi connectivity index (χ1) is 10.3. The Balaban J connectivity index is 1.69. The maximum atomic E-state index is 5.98. The van der Waals surface area contributed by atoms with Crippen LogP contribution in [0.3, 0.4) is 0 Å². The van der Waals surface area contributed by atoms with Gasteiger partial charge in [-0.25, -0.2) is 15.0 Å². The van der Waals surface area contributed by atoms with Gasteiger partial charge in [-0.3, -0.25) is 0 Å². The summed E-state index contributed by atoms with van der Waals surface area (Å²) in [4.78, 5) is 17.1. The molecule has 0 bridgehead atoms. The quantitative estimate of drug-likeness (QED) is 0.893. The third-order valence-corrected chi connectivity index (χ3v) is 3.56. The van der Waals surface area contributed by atoms with Crippen LogP contribution >= 0.6 is 0 Å². The molecule has 1 aliphatic heterocycles. The highest BCUT2D eigenvalue weighted by Gasteiger charge is 2.20. The molecule has 0 aromatic carbocycles. The minimum Gasteiger partial charge on any atom is -0.481 e. The summed E-state index contributed by atoms with van der Waals surface area (Å²) in [5.41, 5.74) is 6.70. The molecule has 2 N–H and O–H groups in total. The average molecular weight is 286 g/mol. The standard InChI is InChI=1S/C14H18N6O/c1-21-13-9-12(17-10-18-13)19-5-7-20(8-6-19)14-11(15)3-2-4-16-14/h2-4,9-10H,5-8,15H2,1H3. The van der Waals surface area contributed by atoms with Gasteiger partial charge in [-0.2, -0.15) is 0 Å². The van der Waals surface area contributed by atoms with Crippen molar-refractivity contribution in [3.05, 3.63) is 30.7 Å². The summed E-state index contributed by atoms with van der Waals surface area (Å²) in [6.45, 7) is 3.42. The van der Waals surface area contributed by atoms with E-state index in [0.29, 0.717) is 5.88 Å². The Hall–Kier alpha value is -2.57. The number of aromatic nitrogens is 3. The molecule has 0 atom stereocenters. The van der Waals surface area contributed by atoms with Crippen LogP contribution in [0.4, 0.5) is 17.3 Å². The van der Waals surface area contributed by atoms with Crippen LogP contribution < -0.4 is 20.3 Å². The van der Waals surface area contributed by atoms with Crippen molar-refractivity contribution < 1.29 is 4.74 Å². The van der Waals surface area contributed by atoms with Gasteiger partial charge in [0.15, 0.2) is 5.82 Å². The molecule has 0 amide bonds. The summed E-state index contributed by atoms with van der Waals surface area (Å²) in [7, 11) is 1.61. The van der Waals surface area contributed by atoms with E-state index < -0.39 is 0 Å². The lowest BCUT2D eigenvalue weighted by Crippen LogP contribution is -2.47. The molecule has 0 radical (unpaired) electrons. The molecular formula is C14H18N6O. The zero-order valence-corrected chi connectivity index (χ0v) is 11.9. The minimum absolute atomic E-state index is 0.580. The fraction of sp³-hybridized carbons (Fsp3) is 0.357. The number of nitrogens with zero attached hydrogens (tertiary/aromatic N) is 5. The highest BCUT2D eigenvalue weighted by molar-refractivity contribution is 5.62. The number of nitrogen functional groups attached to an aromatic ring is 1. The first kappa shape index (κ1) is 13.4. The average Bonchev–Trinajstić information content (AvgIpc) is 2.56. The van der Waals surface area contributed by atoms with Gasteiger partial charge in [0.2, 0.25) is 5.88 Å². The molecular weight excluding hydrogens is 268 g/mol. The summed E-state index contributed by atoms with van der Waals surface area (Å²) in [5.74, 6) is 2.32. The first-order valence-electron chi connectivity index (χ1n) is 6.84. The third-order valence-electron chi connectivity index (χ3n) is 3.56. The molecule has 3 rings (SSSR count). The summed E-state index contributed by atoms with van der Waals surface area (Å²) in [6, 6.07) is 5.58. The molecule has 7 nitrogen and oxygen atoms in total. The van der Waals surface area contributed by atoms with Crippen LogP contribution in [0.1, 0.15) is 0 Å².